The summed E-state index contributed by atoms with van der Waals surface area (Å²) in [5, 5.41) is 10.3. The van der Waals surface area contributed by atoms with Gasteiger partial charge in [-0.15, -0.1) is 11.8 Å². The van der Waals surface area contributed by atoms with Crippen LogP contribution < -0.4 is 5.32 Å². The fraction of sp³-hybridized carbons (Fsp3) is 0.333. The van der Waals surface area contributed by atoms with Crippen molar-refractivity contribution in [2.45, 2.75) is 23.5 Å². The van der Waals surface area contributed by atoms with E-state index < -0.39 is 23.6 Å². The van der Waals surface area contributed by atoms with Gasteiger partial charge in [0.25, 0.3) is 5.91 Å². The van der Waals surface area contributed by atoms with Crippen LogP contribution in [-0.2, 0) is 4.79 Å². The molecule has 1 aromatic rings. The molecule has 0 aliphatic rings. The Morgan fingerprint density at radius 3 is 2.25 bits per heavy atom. The highest BCUT2D eigenvalue weighted by atomic mass is 32.2. The summed E-state index contributed by atoms with van der Waals surface area (Å²) in [6.07, 6.45) is -3.45. The van der Waals surface area contributed by atoms with E-state index in [4.69, 9.17) is 5.11 Å². The number of carboxylic acid groups (broad SMARTS) is 1. The van der Waals surface area contributed by atoms with E-state index >= 15 is 0 Å². The molecule has 110 valence electrons. The molecule has 1 unspecified atom stereocenters. The van der Waals surface area contributed by atoms with Gasteiger partial charge in [0.15, 0.2) is 0 Å². The SMILES string of the molecule is CSc1ccccc1C(=O)NC(C)(C(=O)O)C(F)(F)F. The minimum atomic E-state index is -5.11. The van der Waals surface area contributed by atoms with E-state index in [1.54, 1.807) is 23.7 Å². The van der Waals surface area contributed by atoms with Crippen LogP contribution in [0.4, 0.5) is 13.2 Å². The number of rotatable bonds is 4. The molecule has 0 saturated heterocycles. The zero-order valence-corrected chi connectivity index (χ0v) is 11.4. The average molecular weight is 307 g/mol. The molecule has 1 atom stereocenters. The van der Waals surface area contributed by atoms with E-state index in [-0.39, 0.29) is 5.56 Å². The summed E-state index contributed by atoms with van der Waals surface area (Å²) in [5.74, 6) is -3.25. The zero-order valence-electron chi connectivity index (χ0n) is 10.6. The maximum absolute atomic E-state index is 12.8. The maximum atomic E-state index is 12.8. The molecule has 20 heavy (non-hydrogen) atoms. The van der Waals surface area contributed by atoms with E-state index in [2.05, 4.69) is 0 Å². The molecule has 1 amide bonds. The Bertz CT molecular complexity index is 533. The van der Waals surface area contributed by atoms with Crippen LogP contribution in [0.1, 0.15) is 17.3 Å². The number of alkyl halides is 3. The summed E-state index contributed by atoms with van der Waals surface area (Å²) in [6, 6.07) is 6.01. The van der Waals surface area contributed by atoms with Gasteiger partial charge in [-0.3, -0.25) is 4.79 Å². The maximum Gasteiger partial charge on any atom is 0.422 e. The first-order valence-corrected chi connectivity index (χ1v) is 6.61. The first-order valence-electron chi connectivity index (χ1n) is 5.39. The topological polar surface area (TPSA) is 66.4 Å². The third-order valence-electron chi connectivity index (χ3n) is 2.71. The number of nitrogens with one attached hydrogen (secondary N) is 1. The molecule has 0 fully saturated rings. The van der Waals surface area contributed by atoms with Crippen molar-refractivity contribution < 1.29 is 27.9 Å². The highest BCUT2D eigenvalue weighted by Gasteiger charge is 2.58. The minimum Gasteiger partial charge on any atom is -0.479 e. The molecular weight excluding hydrogens is 295 g/mol. The molecule has 1 rings (SSSR count). The molecule has 0 spiro atoms. The number of benzene rings is 1. The molecule has 2 N–H and O–H groups in total. The fourth-order valence-corrected chi connectivity index (χ4v) is 1.97. The molecule has 4 nitrogen and oxygen atoms in total. The summed E-state index contributed by atoms with van der Waals surface area (Å²) in [6.45, 7) is 0.412. The van der Waals surface area contributed by atoms with E-state index in [1.807, 2.05) is 0 Å². The molecule has 0 radical (unpaired) electrons. The Morgan fingerprint density at radius 1 is 1.25 bits per heavy atom. The molecule has 0 heterocycles. The number of carbonyl (C=O) groups excluding carboxylic acids is 1. The largest absolute Gasteiger partial charge is 0.479 e. The van der Waals surface area contributed by atoms with Crippen molar-refractivity contribution in [2.75, 3.05) is 6.26 Å². The summed E-state index contributed by atoms with van der Waals surface area (Å²) in [4.78, 5) is 23.2. The van der Waals surface area contributed by atoms with Gasteiger partial charge in [-0.1, -0.05) is 12.1 Å². The minimum absolute atomic E-state index is 0.00303. The predicted octanol–water partition coefficient (Wildman–Crippen LogP) is 2.54. The summed E-state index contributed by atoms with van der Waals surface area (Å²) < 4.78 is 38.4. The van der Waals surface area contributed by atoms with Crippen molar-refractivity contribution in [3.63, 3.8) is 0 Å². The quantitative estimate of drug-likeness (QED) is 0.839. The van der Waals surface area contributed by atoms with Crippen molar-refractivity contribution in [1.29, 1.82) is 0 Å². The second kappa shape index (κ2) is 5.74. The van der Waals surface area contributed by atoms with Crippen molar-refractivity contribution in [1.82, 2.24) is 5.32 Å². The normalized spacial score (nSPS) is 14.4. The summed E-state index contributed by atoms with van der Waals surface area (Å²) in [5.41, 5.74) is -3.34. The Hall–Kier alpha value is -1.70. The molecule has 0 aromatic heterocycles. The van der Waals surface area contributed by atoms with Crippen molar-refractivity contribution in [3.05, 3.63) is 29.8 Å². The van der Waals surface area contributed by atoms with Crippen molar-refractivity contribution in [3.8, 4) is 0 Å². The molecule has 0 saturated carbocycles. The van der Waals surface area contributed by atoms with Crippen LogP contribution in [0.25, 0.3) is 0 Å². The summed E-state index contributed by atoms with van der Waals surface area (Å²) >= 11 is 1.18. The molecular formula is C12H12F3NO3S. The Balaban J connectivity index is 3.13. The van der Waals surface area contributed by atoms with Crippen molar-refractivity contribution >= 4 is 23.6 Å². The Kier molecular flexibility index (Phi) is 4.69. The molecule has 1 aromatic carbocycles. The fourth-order valence-electron chi connectivity index (χ4n) is 1.37. The highest BCUT2D eigenvalue weighted by molar-refractivity contribution is 7.98. The standard InChI is InChI=1S/C12H12F3NO3S/c1-11(10(18)19,12(13,14)15)16-9(17)7-5-3-4-6-8(7)20-2/h3-6H,1-2H3,(H,16,17)(H,18,19). The number of aliphatic carboxylic acids is 1. The first kappa shape index (κ1) is 16.4. The van der Waals surface area contributed by atoms with Gasteiger partial charge in [0.2, 0.25) is 5.54 Å². The van der Waals surface area contributed by atoms with Gasteiger partial charge in [0.05, 0.1) is 5.56 Å². The molecule has 0 aliphatic heterocycles. The lowest BCUT2D eigenvalue weighted by Gasteiger charge is -2.28. The second-order valence-corrected chi connectivity index (χ2v) is 4.93. The van der Waals surface area contributed by atoms with Crippen LogP contribution in [0.3, 0.4) is 0 Å². The van der Waals surface area contributed by atoms with Crippen LogP contribution in [0.15, 0.2) is 29.2 Å². The van der Waals surface area contributed by atoms with Crippen LogP contribution >= 0.6 is 11.8 Å². The number of thioether (sulfide) groups is 1. The molecule has 0 bridgehead atoms. The van der Waals surface area contributed by atoms with E-state index in [0.717, 1.165) is 0 Å². The zero-order chi connectivity index (χ0) is 15.6. The van der Waals surface area contributed by atoms with Crippen LogP contribution in [-0.4, -0.2) is 35.0 Å². The first-order chi connectivity index (χ1) is 9.13. The summed E-state index contributed by atoms with van der Waals surface area (Å²) in [7, 11) is 0. The van der Waals surface area contributed by atoms with Gasteiger partial charge in [0, 0.05) is 4.90 Å². The number of hydrogen-bond acceptors (Lipinski definition) is 3. The van der Waals surface area contributed by atoms with Gasteiger partial charge >= 0.3 is 12.1 Å². The van der Waals surface area contributed by atoms with E-state index in [0.29, 0.717) is 11.8 Å². The molecule has 8 heteroatoms. The number of carboxylic acids is 1. The monoisotopic (exact) mass is 307 g/mol. The Labute approximate surface area is 117 Å². The number of amides is 1. The van der Waals surface area contributed by atoms with Gasteiger partial charge in [0.1, 0.15) is 0 Å². The lowest BCUT2D eigenvalue weighted by atomic mass is 10.0. The smallest absolute Gasteiger partial charge is 0.422 e. The van der Waals surface area contributed by atoms with Gasteiger partial charge in [-0.25, -0.2) is 4.79 Å². The van der Waals surface area contributed by atoms with Gasteiger partial charge in [-0.05, 0) is 25.3 Å². The average Bonchev–Trinajstić information content (AvgIpc) is 2.36. The molecule has 0 aliphatic carbocycles. The van der Waals surface area contributed by atoms with E-state index in [1.165, 1.54) is 23.9 Å². The van der Waals surface area contributed by atoms with E-state index in [9.17, 15) is 22.8 Å². The second-order valence-electron chi connectivity index (χ2n) is 4.08. The number of hydrogen-bond donors (Lipinski definition) is 2. The lowest BCUT2D eigenvalue weighted by Crippen LogP contribution is -2.61. The van der Waals surface area contributed by atoms with Crippen LogP contribution in [0.2, 0.25) is 0 Å². The van der Waals surface area contributed by atoms with Crippen LogP contribution in [0, 0.1) is 0 Å². The third kappa shape index (κ3) is 3.06. The predicted molar refractivity (Wildman–Crippen MR) is 67.8 cm³/mol. The Morgan fingerprint density at radius 2 is 1.80 bits per heavy atom. The van der Waals surface area contributed by atoms with Gasteiger partial charge in [-0.2, -0.15) is 13.2 Å². The number of carbonyl (C=O) groups is 2. The number of halogens is 3. The van der Waals surface area contributed by atoms with Crippen molar-refractivity contribution in [2.24, 2.45) is 0 Å². The van der Waals surface area contributed by atoms with Crippen LogP contribution in [0.5, 0.6) is 0 Å². The lowest BCUT2D eigenvalue weighted by molar-refractivity contribution is -0.203. The van der Waals surface area contributed by atoms with Gasteiger partial charge < -0.3 is 10.4 Å². The third-order valence-corrected chi connectivity index (χ3v) is 3.51. The highest BCUT2D eigenvalue weighted by Crippen LogP contribution is 2.31.